The van der Waals surface area contributed by atoms with E-state index in [2.05, 4.69) is 0 Å². The summed E-state index contributed by atoms with van der Waals surface area (Å²) in [5.74, 6) is 0.176. The van der Waals surface area contributed by atoms with Crippen LogP contribution in [0.2, 0.25) is 0 Å². The molecule has 5 nitrogen and oxygen atoms in total. The minimum atomic E-state index is -0.990. The van der Waals surface area contributed by atoms with Gasteiger partial charge in [0.1, 0.15) is 6.61 Å². The third kappa shape index (κ3) is 5.44. The van der Waals surface area contributed by atoms with E-state index < -0.39 is 5.97 Å². The molecule has 5 heteroatoms. The van der Waals surface area contributed by atoms with Gasteiger partial charge in [-0.2, -0.15) is 0 Å². The van der Waals surface area contributed by atoms with E-state index in [1.165, 1.54) is 13.2 Å². The molecule has 1 aromatic rings. The van der Waals surface area contributed by atoms with Crippen molar-refractivity contribution < 1.29 is 24.1 Å². The Morgan fingerprint density at radius 3 is 2.74 bits per heavy atom. The molecular formula is C14H18O5. The Morgan fingerprint density at radius 1 is 1.32 bits per heavy atom. The van der Waals surface area contributed by atoms with Gasteiger partial charge in [0, 0.05) is 12.7 Å². The number of aliphatic carboxylic acids is 1. The lowest BCUT2D eigenvalue weighted by molar-refractivity contribution is -0.131. The summed E-state index contributed by atoms with van der Waals surface area (Å²) in [4.78, 5) is 10.4. The summed E-state index contributed by atoms with van der Waals surface area (Å²) in [7, 11) is 1.54. The molecule has 19 heavy (non-hydrogen) atoms. The van der Waals surface area contributed by atoms with Gasteiger partial charge < -0.3 is 19.3 Å². The second-order valence-electron chi connectivity index (χ2n) is 3.63. The largest absolute Gasteiger partial charge is 0.493 e. The Labute approximate surface area is 112 Å². The molecule has 0 aromatic heterocycles. The van der Waals surface area contributed by atoms with Gasteiger partial charge in [-0.05, 0) is 30.7 Å². The monoisotopic (exact) mass is 266 g/mol. The predicted molar refractivity (Wildman–Crippen MR) is 71.7 cm³/mol. The summed E-state index contributed by atoms with van der Waals surface area (Å²) < 4.78 is 15.9. The van der Waals surface area contributed by atoms with Gasteiger partial charge in [-0.25, -0.2) is 4.79 Å². The van der Waals surface area contributed by atoms with Gasteiger partial charge in [-0.3, -0.25) is 0 Å². The number of methoxy groups -OCH3 is 1. The SMILES string of the molecule is CCOCCOc1ccc(/C=C/C(=O)O)cc1OC. The van der Waals surface area contributed by atoms with Crippen LogP contribution in [-0.4, -0.2) is 38.0 Å². The van der Waals surface area contributed by atoms with E-state index in [1.54, 1.807) is 18.2 Å². The van der Waals surface area contributed by atoms with Crippen LogP contribution in [0.4, 0.5) is 0 Å². The average molecular weight is 266 g/mol. The first kappa shape index (κ1) is 15.0. The molecule has 0 heterocycles. The van der Waals surface area contributed by atoms with Gasteiger partial charge in [-0.15, -0.1) is 0 Å². The van der Waals surface area contributed by atoms with Gasteiger partial charge >= 0.3 is 5.97 Å². The summed E-state index contributed by atoms with van der Waals surface area (Å²) in [6.07, 6.45) is 2.57. The molecule has 0 saturated carbocycles. The zero-order valence-electron chi connectivity index (χ0n) is 11.1. The fraction of sp³-hybridized carbons (Fsp3) is 0.357. The number of rotatable bonds is 8. The summed E-state index contributed by atoms with van der Waals surface area (Å²) >= 11 is 0. The number of hydrogen-bond acceptors (Lipinski definition) is 4. The molecule has 1 rings (SSSR count). The molecule has 0 atom stereocenters. The Hall–Kier alpha value is -2.01. The minimum Gasteiger partial charge on any atom is -0.493 e. The second-order valence-corrected chi connectivity index (χ2v) is 3.63. The van der Waals surface area contributed by atoms with Crippen LogP contribution in [0, 0.1) is 0 Å². The summed E-state index contributed by atoms with van der Waals surface area (Å²) in [6.45, 7) is 3.53. The molecular weight excluding hydrogens is 248 g/mol. The van der Waals surface area contributed by atoms with Gasteiger partial charge in [0.05, 0.1) is 13.7 Å². The van der Waals surface area contributed by atoms with Gasteiger partial charge in [0.2, 0.25) is 0 Å². The first-order chi connectivity index (χ1) is 9.17. The molecule has 0 amide bonds. The van der Waals surface area contributed by atoms with Gasteiger partial charge in [0.25, 0.3) is 0 Å². The van der Waals surface area contributed by atoms with E-state index in [9.17, 15) is 4.79 Å². The van der Waals surface area contributed by atoms with Crippen molar-refractivity contribution in [1.29, 1.82) is 0 Å². The van der Waals surface area contributed by atoms with E-state index >= 15 is 0 Å². The zero-order chi connectivity index (χ0) is 14.1. The maximum Gasteiger partial charge on any atom is 0.328 e. The molecule has 0 spiro atoms. The Kier molecular flexibility index (Phi) is 6.46. The Balaban J connectivity index is 2.70. The highest BCUT2D eigenvalue weighted by Gasteiger charge is 2.04. The van der Waals surface area contributed by atoms with E-state index in [-0.39, 0.29) is 0 Å². The lowest BCUT2D eigenvalue weighted by Gasteiger charge is -2.11. The van der Waals surface area contributed by atoms with Crippen LogP contribution in [0.3, 0.4) is 0 Å². The van der Waals surface area contributed by atoms with Crippen LogP contribution in [0.1, 0.15) is 12.5 Å². The van der Waals surface area contributed by atoms with Crippen molar-refractivity contribution in [2.75, 3.05) is 26.9 Å². The van der Waals surface area contributed by atoms with Crippen molar-refractivity contribution in [2.45, 2.75) is 6.92 Å². The molecule has 0 fully saturated rings. The van der Waals surface area contributed by atoms with Crippen molar-refractivity contribution >= 4 is 12.0 Å². The maximum atomic E-state index is 10.4. The molecule has 104 valence electrons. The average Bonchev–Trinajstić information content (AvgIpc) is 2.42. The van der Waals surface area contributed by atoms with E-state index in [4.69, 9.17) is 19.3 Å². The summed E-state index contributed by atoms with van der Waals surface area (Å²) in [6, 6.07) is 5.22. The number of carboxylic acid groups (broad SMARTS) is 1. The van der Waals surface area contributed by atoms with Gasteiger partial charge in [-0.1, -0.05) is 6.07 Å². The van der Waals surface area contributed by atoms with E-state index in [0.717, 1.165) is 11.6 Å². The zero-order valence-corrected chi connectivity index (χ0v) is 11.1. The number of benzene rings is 1. The van der Waals surface area contributed by atoms with Crippen molar-refractivity contribution in [3.63, 3.8) is 0 Å². The fourth-order valence-corrected chi connectivity index (χ4v) is 1.43. The van der Waals surface area contributed by atoms with E-state index in [1.807, 2.05) is 6.92 Å². The molecule has 1 aromatic carbocycles. The smallest absolute Gasteiger partial charge is 0.328 e. The number of hydrogen-bond donors (Lipinski definition) is 1. The Bertz CT molecular complexity index is 439. The topological polar surface area (TPSA) is 65.0 Å². The number of carbonyl (C=O) groups is 1. The van der Waals surface area contributed by atoms with Crippen molar-refractivity contribution in [3.05, 3.63) is 29.8 Å². The maximum absolute atomic E-state index is 10.4. The minimum absolute atomic E-state index is 0.439. The van der Waals surface area contributed by atoms with Crippen molar-refractivity contribution in [1.82, 2.24) is 0 Å². The fourth-order valence-electron chi connectivity index (χ4n) is 1.43. The highest BCUT2D eigenvalue weighted by molar-refractivity contribution is 5.85. The molecule has 0 aliphatic heterocycles. The van der Waals surface area contributed by atoms with Crippen LogP contribution in [-0.2, 0) is 9.53 Å². The third-order valence-electron chi connectivity index (χ3n) is 2.30. The third-order valence-corrected chi connectivity index (χ3v) is 2.30. The van der Waals surface area contributed by atoms with Crippen LogP contribution in [0.15, 0.2) is 24.3 Å². The molecule has 0 bridgehead atoms. The van der Waals surface area contributed by atoms with Gasteiger partial charge in [0.15, 0.2) is 11.5 Å². The highest BCUT2D eigenvalue weighted by Crippen LogP contribution is 2.28. The highest BCUT2D eigenvalue weighted by atomic mass is 16.5. The quantitative estimate of drug-likeness (QED) is 0.577. The molecule has 0 saturated heterocycles. The predicted octanol–water partition coefficient (Wildman–Crippen LogP) is 2.21. The standard InChI is InChI=1S/C14H18O5/c1-3-18-8-9-19-12-6-4-11(5-7-14(15)16)10-13(12)17-2/h4-7,10H,3,8-9H2,1-2H3,(H,15,16)/b7-5+. The van der Waals surface area contributed by atoms with Crippen LogP contribution >= 0.6 is 0 Å². The van der Waals surface area contributed by atoms with E-state index in [0.29, 0.717) is 31.3 Å². The second kappa shape index (κ2) is 8.16. The molecule has 0 aliphatic rings. The molecule has 1 N–H and O–H groups in total. The molecule has 0 radical (unpaired) electrons. The lowest BCUT2D eigenvalue weighted by atomic mass is 10.2. The normalized spacial score (nSPS) is 10.6. The lowest BCUT2D eigenvalue weighted by Crippen LogP contribution is -2.07. The first-order valence-corrected chi connectivity index (χ1v) is 5.97. The molecule has 0 aliphatic carbocycles. The Morgan fingerprint density at radius 2 is 2.11 bits per heavy atom. The van der Waals surface area contributed by atoms with Crippen LogP contribution in [0.5, 0.6) is 11.5 Å². The number of ether oxygens (including phenoxy) is 3. The van der Waals surface area contributed by atoms with Crippen LogP contribution < -0.4 is 9.47 Å². The van der Waals surface area contributed by atoms with Crippen LogP contribution in [0.25, 0.3) is 6.08 Å². The first-order valence-electron chi connectivity index (χ1n) is 5.97. The summed E-state index contributed by atoms with van der Waals surface area (Å²) in [5.41, 5.74) is 0.733. The summed E-state index contributed by atoms with van der Waals surface area (Å²) in [5, 5.41) is 8.57. The molecule has 0 unspecified atom stereocenters. The number of carboxylic acids is 1. The van der Waals surface area contributed by atoms with Crippen molar-refractivity contribution in [2.24, 2.45) is 0 Å². The van der Waals surface area contributed by atoms with Crippen molar-refractivity contribution in [3.8, 4) is 11.5 Å².